The zero-order valence-electron chi connectivity index (χ0n) is 17.6. The molecule has 29 heavy (non-hydrogen) atoms. The van der Waals surface area contributed by atoms with Crippen LogP contribution >= 0.6 is 0 Å². The van der Waals surface area contributed by atoms with E-state index in [0.717, 1.165) is 68.5 Å². The predicted octanol–water partition coefficient (Wildman–Crippen LogP) is 3.49. The Bertz CT molecular complexity index is 854. The second kappa shape index (κ2) is 8.89. The lowest BCUT2D eigenvalue weighted by Crippen LogP contribution is -2.37. The summed E-state index contributed by atoms with van der Waals surface area (Å²) in [5, 5.41) is 0. The van der Waals surface area contributed by atoms with E-state index in [4.69, 9.17) is 9.97 Å². The molecule has 4 rings (SSSR count). The number of hydrogen-bond donors (Lipinski definition) is 0. The number of likely N-dealkylation sites (tertiary alicyclic amines) is 1. The largest absolute Gasteiger partial charge is 0.343 e. The van der Waals surface area contributed by atoms with Gasteiger partial charge in [-0.15, -0.1) is 0 Å². The van der Waals surface area contributed by atoms with Gasteiger partial charge in [-0.05, 0) is 62.8 Å². The van der Waals surface area contributed by atoms with Crippen molar-refractivity contribution in [1.82, 2.24) is 19.9 Å². The van der Waals surface area contributed by atoms with Crippen molar-refractivity contribution in [3.05, 3.63) is 47.0 Å². The third kappa shape index (κ3) is 4.92. The minimum absolute atomic E-state index is 0.173. The van der Waals surface area contributed by atoms with Crippen LogP contribution in [0.25, 0.3) is 0 Å². The quantitative estimate of drug-likeness (QED) is 0.796. The molecule has 154 valence electrons. The summed E-state index contributed by atoms with van der Waals surface area (Å²) in [7, 11) is 0. The molecule has 2 saturated heterocycles. The number of anilines is 1. The lowest BCUT2D eigenvalue weighted by molar-refractivity contribution is -0.129. The predicted molar refractivity (Wildman–Crippen MR) is 114 cm³/mol. The number of amides is 1. The van der Waals surface area contributed by atoms with Crippen molar-refractivity contribution in [2.45, 2.75) is 58.3 Å². The Morgan fingerprint density at radius 1 is 1.03 bits per heavy atom. The summed E-state index contributed by atoms with van der Waals surface area (Å²) >= 11 is 0. The zero-order valence-corrected chi connectivity index (χ0v) is 17.6. The second-order valence-electron chi connectivity index (χ2n) is 8.41. The lowest BCUT2D eigenvalue weighted by atomic mass is 9.92. The maximum absolute atomic E-state index is 11.7. The Morgan fingerprint density at radius 3 is 2.48 bits per heavy atom. The Hall–Kier alpha value is -2.50. The average molecular weight is 394 g/mol. The molecule has 4 heterocycles. The Kier molecular flexibility index (Phi) is 6.07. The summed E-state index contributed by atoms with van der Waals surface area (Å²) in [6.07, 6.45) is 8.24. The van der Waals surface area contributed by atoms with Crippen LogP contribution in [0.2, 0.25) is 0 Å². The summed E-state index contributed by atoms with van der Waals surface area (Å²) in [6, 6.07) is 6.33. The van der Waals surface area contributed by atoms with Gasteiger partial charge in [-0.3, -0.25) is 9.78 Å². The van der Waals surface area contributed by atoms with Crippen LogP contribution in [0.1, 0.15) is 67.6 Å². The third-order valence-corrected chi connectivity index (χ3v) is 6.12. The van der Waals surface area contributed by atoms with Gasteiger partial charge in [0.05, 0.1) is 5.69 Å². The number of rotatable bonds is 4. The molecule has 1 amide bonds. The molecule has 0 saturated carbocycles. The SMILES string of the molecule is CC(=O)N1CCC(c2cc(Cc3cc(C)ccn3)nc(N3CCCCC3)n2)CC1. The molecule has 2 aromatic rings. The van der Waals surface area contributed by atoms with Crippen LogP contribution in [0, 0.1) is 6.92 Å². The Morgan fingerprint density at radius 2 is 1.79 bits per heavy atom. The highest BCUT2D eigenvalue weighted by molar-refractivity contribution is 5.73. The lowest BCUT2D eigenvalue weighted by Gasteiger charge is -2.32. The number of hydrogen-bond acceptors (Lipinski definition) is 5. The molecule has 2 aliphatic heterocycles. The molecule has 6 heteroatoms. The van der Waals surface area contributed by atoms with Gasteiger partial charge < -0.3 is 9.80 Å². The van der Waals surface area contributed by atoms with Crippen LogP contribution in [-0.4, -0.2) is 51.9 Å². The molecule has 0 bridgehead atoms. The summed E-state index contributed by atoms with van der Waals surface area (Å²) in [6.45, 7) is 7.46. The van der Waals surface area contributed by atoms with Crippen molar-refractivity contribution in [1.29, 1.82) is 0 Å². The van der Waals surface area contributed by atoms with Crippen LogP contribution in [0.4, 0.5) is 5.95 Å². The fourth-order valence-electron chi connectivity index (χ4n) is 4.41. The first-order chi connectivity index (χ1) is 14.1. The van der Waals surface area contributed by atoms with E-state index in [1.54, 1.807) is 6.92 Å². The fourth-order valence-corrected chi connectivity index (χ4v) is 4.41. The zero-order chi connectivity index (χ0) is 20.2. The van der Waals surface area contributed by atoms with E-state index < -0.39 is 0 Å². The van der Waals surface area contributed by atoms with E-state index in [9.17, 15) is 4.79 Å². The number of piperidine rings is 2. The number of carbonyl (C=O) groups excluding carboxylic acids is 1. The van der Waals surface area contributed by atoms with Gasteiger partial charge in [0, 0.05) is 63.0 Å². The molecule has 0 atom stereocenters. The van der Waals surface area contributed by atoms with Crippen LogP contribution in [0.5, 0.6) is 0 Å². The van der Waals surface area contributed by atoms with E-state index in [0.29, 0.717) is 5.92 Å². The second-order valence-corrected chi connectivity index (χ2v) is 8.41. The normalized spacial score (nSPS) is 18.1. The first-order valence-corrected chi connectivity index (χ1v) is 10.9. The minimum Gasteiger partial charge on any atom is -0.343 e. The van der Waals surface area contributed by atoms with Crippen LogP contribution in [0.15, 0.2) is 24.4 Å². The number of aryl methyl sites for hydroxylation is 1. The number of pyridine rings is 1. The standard InChI is InChI=1S/C23H31N5O/c1-17-6-9-24-20(14-17)15-21-16-22(19-7-12-27(13-8-19)18(2)29)26-23(25-21)28-10-4-3-5-11-28/h6,9,14,16,19H,3-5,7-8,10-13,15H2,1-2H3. The van der Waals surface area contributed by atoms with Crippen LogP contribution in [0.3, 0.4) is 0 Å². The first-order valence-electron chi connectivity index (χ1n) is 10.9. The molecule has 2 aromatic heterocycles. The molecule has 0 aliphatic carbocycles. The first kappa shape index (κ1) is 19.8. The number of nitrogens with zero attached hydrogens (tertiary/aromatic N) is 5. The molecule has 0 N–H and O–H groups in total. The van der Waals surface area contributed by atoms with Gasteiger partial charge in [-0.1, -0.05) is 0 Å². The van der Waals surface area contributed by atoms with Gasteiger partial charge in [-0.25, -0.2) is 9.97 Å². The van der Waals surface area contributed by atoms with Crippen molar-refractivity contribution in [2.24, 2.45) is 0 Å². The number of aromatic nitrogens is 3. The highest BCUT2D eigenvalue weighted by Crippen LogP contribution is 2.29. The van der Waals surface area contributed by atoms with Gasteiger partial charge in [0.2, 0.25) is 11.9 Å². The molecule has 6 nitrogen and oxygen atoms in total. The average Bonchev–Trinajstić information content (AvgIpc) is 2.74. The minimum atomic E-state index is 0.173. The maximum atomic E-state index is 11.7. The van der Waals surface area contributed by atoms with Gasteiger partial charge in [-0.2, -0.15) is 0 Å². The molecule has 2 aliphatic rings. The van der Waals surface area contributed by atoms with Gasteiger partial charge >= 0.3 is 0 Å². The van der Waals surface area contributed by atoms with Crippen molar-refractivity contribution in [3.63, 3.8) is 0 Å². The molecule has 0 spiro atoms. The maximum Gasteiger partial charge on any atom is 0.225 e. The summed E-state index contributed by atoms with van der Waals surface area (Å²) in [4.78, 5) is 30.4. The molecule has 2 fully saturated rings. The monoisotopic (exact) mass is 393 g/mol. The van der Waals surface area contributed by atoms with Gasteiger partial charge in [0.15, 0.2) is 0 Å². The highest BCUT2D eigenvalue weighted by Gasteiger charge is 2.25. The van der Waals surface area contributed by atoms with Crippen molar-refractivity contribution >= 4 is 11.9 Å². The summed E-state index contributed by atoms with van der Waals surface area (Å²) < 4.78 is 0. The van der Waals surface area contributed by atoms with E-state index in [2.05, 4.69) is 28.9 Å². The fraction of sp³-hybridized carbons (Fsp3) is 0.565. The molecular weight excluding hydrogens is 362 g/mol. The van der Waals surface area contributed by atoms with E-state index in [1.165, 1.54) is 24.8 Å². The number of carbonyl (C=O) groups is 1. The third-order valence-electron chi connectivity index (χ3n) is 6.12. The van der Waals surface area contributed by atoms with Gasteiger partial charge in [0.25, 0.3) is 0 Å². The van der Waals surface area contributed by atoms with E-state index in [-0.39, 0.29) is 5.91 Å². The molecular formula is C23H31N5O. The molecule has 0 unspecified atom stereocenters. The summed E-state index contributed by atoms with van der Waals surface area (Å²) in [5.74, 6) is 1.44. The van der Waals surface area contributed by atoms with Crippen molar-refractivity contribution < 1.29 is 4.79 Å². The van der Waals surface area contributed by atoms with Gasteiger partial charge in [0.1, 0.15) is 0 Å². The molecule has 0 radical (unpaired) electrons. The Balaban J connectivity index is 1.60. The van der Waals surface area contributed by atoms with Crippen LogP contribution in [-0.2, 0) is 11.2 Å². The highest BCUT2D eigenvalue weighted by atomic mass is 16.2. The topological polar surface area (TPSA) is 62.2 Å². The van der Waals surface area contributed by atoms with Crippen molar-refractivity contribution in [3.8, 4) is 0 Å². The smallest absolute Gasteiger partial charge is 0.225 e. The Labute approximate surface area is 173 Å². The van der Waals surface area contributed by atoms with Crippen LogP contribution < -0.4 is 4.90 Å². The molecule has 0 aromatic carbocycles. The van der Waals surface area contributed by atoms with E-state index >= 15 is 0 Å². The van der Waals surface area contributed by atoms with Crippen molar-refractivity contribution in [2.75, 3.05) is 31.1 Å². The van der Waals surface area contributed by atoms with E-state index in [1.807, 2.05) is 17.2 Å². The summed E-state index contributed by atoms with van der Waals surface area (Å²) in [5.41, 5.74) is 4.44.